The van der Waals surface area contributed by atoms with E-state index in [9.17, 15) is 18.0 Å². The van der Waals surface area contributed by atoms with Gasteiger partial charge in [0.1, 0.15) is 0 Å². The van der Waals surface area contributed by atoms with Gasteiger partial charge in [0.15, 0.2) is 5.11 Å². The molecule has 0 radical (unpaired) electrons. The lowest BCUT2D eigenvalue weighted by atomic mass is 10.0. The summed E-state index contributed by atoms with van der Waals surface area (Å²) in [5.41, 5.74) is 2.37. The smallest absolute Gasteiger partial charge is 0.349 e. The van der Waals surface area contributed by atoms with Crippen molar-refractivity contribution in [3.63, 3.8) is 0 Å². The number of carbonyl (C=O) groups is 1. The first-order valence-electron chi connectivity index (χ1n) is 13.9. The molecule has 0 fully saturated rings. The van der Waals surface area contributed by atoms with Gasteiger partial charge in [0.2, 0.25) is 5.91 Å². The van der Waals surface area contributed by atoms with Crippen LogP contribution in [0.4, 0.5) is 18.9 Å². The molecule has 0 aliphatic carbocycles. The first kappa shape index (κ1) is 32.2. The van der Waals surface area contributed by atoms with Crippen molar-refractivity contribution in [1.82, 2.24) is 19.8 Å². The summed E-state index contributed by atoms with van der Waals surface area (Å²) in [6, 6.07) is 22.2. The second-order valence-corrected chi connectivity index (χ2v) is 11.6. The van der Waals surface area contributed by atoms with Gasteiger partial charge in [-0.3, -0.25) is 4.79 Å². The van der Waals surface area contributed by atoms with Gasteiger partial charge in [-0.15, -0.1) is 0 Å². The highest BCUT2D eigenvalue weighted by atomic mass is 32.1. The van der Waals surface area contributed by atoms with Gasteiger partial charge in [-0.25, -0.2) is 4.98 Å². The number of halogens is 3. The molecule has 4 rings (SSSR count). The number of benzene rings is 3. The summed E-state index contributed by atoms with van der Waals surface area (Å²) in [5.74, 6) is -0.273. The van der Waals surface area contributed by atoms with Crippen LogP contribution in [0.15, 0.2) is 85.3 Å². The molecule has 11 heteroatoms. The molecular formula is C33H33F3N6OS. The number of thiocarbonyl (C=S) groups is 1. The molecule has 7 nitrogen and oxygen atoms in total. The number of nitrogens with zero attached hydrogens (tertiary/aromatic N) is 4. The average Bonchev–Trinajstić information content (AvgIpc) is 3.38. The summed E-state index contributed by atoms with van der Waals surface area (Å²) in [6.45, 7) is 6.02. The van der Waals surface area contributed by atoms with Crippen molar-refractivity contribution in [2.24, 2.45) is 0 Å². The topological polar surface area (TPSA) is 86.0 Å². The predicted molar refractivity (Wildman–Crippen MR) is 168 cm³/mol. The fourth-order valence-electron chi connectivity index (χ4n) is 4.89. The van der Waals surface area contributed by atoms with Crippen LogP contribution in [0.25, 0.3) is 0 Å². The maximum absolute atomic E-state index is 13.8. The van der Waals surface area contributed by atoms with Crippen LogP contribution < -0.4 is 10.6 Å². The molecule has 0 saturated carbocycles. The minimum atomic E-state index is -4.53. The average molecular weight is 619 g/mol. The van der Waals surface area contributed by atoms with Crippen LogP contribution in [-0.4, -0.2) is 37.6 Å². The summed E-state index contributed by atoms with van der Waals surface area (Å²) in [5, 5.41) is 15.4. The number of aromatic nitrogens is 2. The van der Waals surface area contributed by atoms with Crippen LogP contribution in [0.3, 0.4) is 0 Å². The molecule has 0 spiro atoms. The Morgan fingerprint density at radius 1 is 1.07 bits per heavy atom. The van der Waals surface area contributed by atoms with E-state index in [-0.39, 0.29) is 36.1 Å². The van der Waals surface area contributed by atoms with Crippen molar-refractivity contribution >= 4 is 28.9 Å². The van der Waals surface area contributed by atoms with Crippen molar-refractivity contribution in [3.8, 4) is 6.07 Å². The van der Waals surface area contributed by atoms with Crippen LogP contribution in [0.1, 0.15) is 47.4 Å². The van der Waals surface area contributed by atoms with Crippen LogP contribution in [0.5, 0.6) is 0 Å². The normalized spacial score (nSPS) is 11.5. The van der Waals surface area contributed by atoms with Gasteiger partial charge in [0.25, 0.3) is 0 Å². The van der Waals surface area contributed by atoms with E-state index in [1.165, 1.54) is 12.1 Å². The summed E-state index contributed by atoms with van der Waals surface area (Å²) < 4.78 is 43.4. The molecule has 2 N–H and O–H groups in total. The minimum Gasteiger partial charge on any atom is -0.349 e. The highest BCUT2D eigenvalue weighted by molar-refractivity contribution is 7.80. The Hall–Kier alpha value is -4.69. The molecule has 0 bridgehead atoms. The van der Waals surface area contributed by atoms with E-state index >= 15 is 0 Å². The second-order valence-electron chi connectivity index (χ2n) is 11.2. The first-order valence-corrected chi connectivity index (χ1v) is 14.3. The van der Waals surface area contributed by atoms with Crippen molar-refractivity contribution in [1.29, 1.82) is 5.26 Å². The van der Waals surface area contributed by atoms with Crippen LogP contribution in [-0.2, 0) is 30.5 Å². The fraction of sp³-hybridized carbons (Fsp3) is 0.273. The minimum absolute atomic E-state index is 0.0443. The summed E-state index contributed by atoms with van der Waals surface area (Å²) >= 11 is 5.70. The van der Waals surface area contributed by atoms with Gasteiger partial charge < -0.3 is 20.1 Å². The van der Waals surface area contributed by atoms with E-state index in [2.05, 4.69) is 21.7 Å². The molecule has 0 saturated heterocycles. The van der Waals surface area contributed by atoms with Crippen molar-refractivity contribution in [3.05, 3.63) is 119 Å². The molecule has 3 aromatic carbocycles. The Morgan fingerprint density at radius 3 is 2.48 bits per heavy atom. The molecule has 1 aromatic heterocycles. The molecule has 0 atom stereocenters. The zero-order chi connectivity index (χ0) is 31.9. The number of rotatable bonds is 10. The maximum Gasteiger partial charge on any atom is 0.416 e. The number of nitrogens with one attached hydrogen (secondary N) is 2. The Morgan fingerprint density at radius 2 is 1.80 bits per heavy atom. The number of hydrogen-bond acceptors (Lipinski definition) is 4. The molecule has 0 unspecified atom stereocenters. The molecule has 228 valence electrons. The van der Waals surface area contributed by atoms with E-state index in [0.717, 1.165) is 17.2 Å². The highest BCUT2D eigenvalue weighted by Crippen LogP contribution is 2.32. The number of aryl methyl sites for hydroxylation is 1. The molecule has 0 aliphatic heterocycles. The van der Waals surface area contributed by atoms with Gasteiger partial charge in [-0.2, -0.15) is 18.4 Å². The van der Waals surface area contributed by atoms with E-state index in [0.29, 0.717) is 23.5 Å². The lowest BCUT2D eigenvalue weighted by Gasteiger charge is -2.35. The van der Waals surface area contributed by atoms with E-state index in [4.69, 9.17) is 17.5 Å². The van der Waals surface area contributed by atoms with Gasteiger partial charge in [-0.1, -0.05) is 42.5 Å². The second kappa shape index (κ2) is 13.7. The number of carbonyl (C=O) groups excluding carboxylic acids is 1. The SMILES string of the molecule is Cc1cccc(NC(=S)N(Cc2ccccc2C(F)(F)F)CC(C)(C)NC(=O)Cc2cncn2Cc2ccc(C#N)cc2)c1. The summed E-state index contributed by atoms with van der Waals surface area (Å²) in [4.78, 5) is 19.1. The Bertz CT molecular complexity index is 1660. The third-order valence-electron chi connectivity index (χ3n) is 6.88. The number of nitriles is 1. The quantitative estimate of drug-likeness (QED) is 0.198. The molecule has 44 heavy (non-hydrogen) atoms. The summed E-state index contributed by atoms with van der Waals surface area (Å²) in [6.07, 6.45) is -1.22. The number of anilines is 1. The number of hydrogen-bond donors (Lipinski definition) is 2. The van der Waals surface area contributed by atoms with Gasteiger partial charge in [0.05, 0.1) is 35.5 Å². The zero-order valence-electron chi connectivity index (χ0n) is 24.7. The highest BCUT2D eigenvalue weighted by Gasteiger charge is 2.34. The standard InChI is InChI=1S/C33H33F3N6OS/c1-23-7-6-9-27(15-23)39-31(44)41(20-26-8-4-5-10-29(26)33(34,35)36)21-32(2,3)40-30(43)16-28-18-38-22-42(28)19-25-13-11-24(17-37)12-14-25/h4-15,18,22H,16,19-21H2,1-3H3,(H,39,44)(H,40,43). The fourth-order valence-corrected chi connectivity index (χ4v) is 5.13. The summed E-state index contributed by atoms with van der Waals surface area (Å²) in [7, 11) is 0. The molecule has 0 aliphatic rings. The van der Waals surface area contributed by atoms with Crippen LogP contribution in [0, 0.1) is 18.3 Å². The number of alkyl halides is 3. The lowest BCUT2D eigenvalue weighted by Crippen LogP contribution is -2.53. The molecule has 1 heterocycles. The number of amides is 1. The van der Waals surface area contributed by atoms with E-state index in [1.54, 1.807) is 49.5 Å². The largest absolute Gasteiger partial charge is 0.416 e. The molecule has 1 amide bonds. The number of imidazole rings is 1. The lowest BCUT2D eigenvalue weighted by molar-refractivity contribution is -0.138. The Balaban J connectivity index is 1.49. The predicted octanol–water partition coefficient (Wildman–Crippen LogP) is 6.47. The first-order chi connectivity index (χ1) is 20.8. The van der Waals surface area contributed by atoms with Crippen LogP contribution in [0.2, 0.25) is 0 Å². The van der Waals surface area contributed by atoms with E-state index < -0.39 is 17.3 Å². The van der Waals surface area contributed by atoms with E-state index in [1.807, 2.05) is 47.9 Å². The Labute approximate surface area is 260 Å². The monoisotopic (exact) mass is 618 g/mol. The zero-order valence-corrected chi connectivity index (χ0v) is 25.5. The van der Waals surface area contributed by atoms with Crippen molar-refractivity contribution < 1.29 is 18.0 Å². The Kier molecular flexibility index (Phi) is 10.1. The van der Waals surface area contributed by atoms with Gasteiger partial charge in [0, 0.05) is 37.2 Å². The molecular weight excluding hydrogens is 585 g/mol. The molecule has 4 aromatic rings. The van der Waals surface area contributed by atoms with Crippen molar-refractivity contribution in [2.45, 2.75) is 52.0 Å². The van der Waals surface area contributed by atoms with Gasteiger partial charge >= 0.3 is 6.18 Å². The third kappa shape index (κ3) is 8.91. The maximum atomic E-state index is 13.8. The third-order valence-corrected chi connectivity index (χ3v) is 7.24. The van der Waals surface area contributed by atoms with Crippen molar-refractivity contribution in [2.75, 3.05) is 11.9 Å². The van der Waals surface area contributed by atoms with Gasteiger partial charge in [-0.05, 0) is 80.0 Å². The van der Waals surface area contributed by atoms with Crippen LogP contribution >= 0.6 is 12.2 Å².